The maximum Gasteiger partial charge on any atom is 0.334 e. The molecule has 0 spiro atoms. The molecule has 2 aromatic rings. The Bertz CT molecular complexity index is 531. The molecule has 1 aromatic carbocycles. The molecule has 0 bridgehead atoms. The lowest BCUT2D eigenvalue weighted by Gasteiger charge is -2.02. The summed E-state index contributed by atoms with van der Waals surface area (Å²) < 4.78 is 4.20. The Morgan fingerprint density at radius 3 is 2.50 bits per heavy atom. The molecule has 0 radical (unpaired) electrons. The first-order valence-electron chi connectivity index (χ1n) is 7.56. The van der Waals surface area contributed by atoms with Crippen LogP contribution in [0.4, 0.5) is 0 Å². The third-order valence-corrected chi connectivity index (χ3v) is 3.51. The van der Waals surface area contributed by atoms with Gasteiger partial charge in [-0.1, -0.05) is 38.0 Å². The summed E-state index contributed by atoms with van der Waals surface area (Å²) in [4.78, 5) is 0. The molecule has 1 N–H and O–H groups in total. The van der Waals surface area contributed by atoms with Crippen molar-refractivity contribution < 1.29 is 4.68 Å². The molecule has 0 aliphatic heterocycles. The fraction of sp³-hybridized carbons (Fsp3) is 0.500. The largest absolute Gasteiger partial charge is 0.334 e. The molecule has 0 saturated heterocycles. The number of hydrogen-bond donors (Lipinski definition) is 1. The summed E-state index contributed by atoms with van der Waals surface area (Å²) in [6.07, 6.45) is 4.69. The van der Waals surface area contributed by atoms with E-state index in [1.54, 1.807) is 0 Å². The van der Waals surface area contributed by atoms with Gasteiger partial charge in [-0.15, -0.1) is 9.36 Å². The van der Waals surface area contributed by atoms with Gasteiger partial charge in [0.05, 0.1) is 5.56 Å². The second-order valence-electron chi connectivity index (χ2n) is 4.94. The Labute approximate surface area is 121 Å². The van der Waals surface area contributed by atoms with Crippen molar-refractivity contribution in [3.8, 4) is 11.4 Å². The van der Waals surface area contributed by atoms with Crippen LogP contribution in [-0.2, 0) is 13.0 Å². The molecular weight excluding hydrogens is 248 g/mol. The quantitative estimate of drug-likeness (QED) is 0.621. The zero-order chi connectivity index (χ0) is 14.4. The third kappa shape index (κ3) is 3.00. The van der Waals surface area contributed by atoms with Gasteiger partial charge < -0.3 is 0 Å². The van der Waals surface area contributed by atoms with Gasteiger partial charge in [0, 0.05) is 13.5 Å². The summed E-state index contributed by atoms with van der Waals surface area (Å²) in [5.41, 5.74) is 4.47. The maximum absolute atomic E-state index is 4.76. The molecule has 1 heterocycles. The average Bonchev–Trinajstić information content (AvgIpc) is 2.86. The van der Waals surface area contributed by atoms with Gasteiger partial charge in [-0.2, -0.15) is 0 Å². The normalized spacial score (nSPS) is 10.8. The van der Waals surface area contributed by atoms with Gasteiger partial charge in [0.2, 0.25) is 0 Å². The van der Waals surface area contributed by atoms with E-state index in [-0.39, 0.29) is 0 Å². The van der Waals surface area contributed by atoms with E-state index >= 15 is 0 Å². The predicted molar refractivity (Wildman–Crippen MR) is 82.0 cm³/mol. The summed E-state index contributed by atoms with van der Waals surface area (Å²) in [6, 6.07) is 10.4. The van der Waals surface area contributed by atoms with Crippen LogP contribution in [0.1, 0.15) is 38.9 Å². The molecule has 0 atom stereocenters. The van der Waals surface area contributed by atoms with E-state index in [4.69, 9.17) is 5.10 Å². The predicted octanol–water partition coefficient (Wildman–Crippen LogP) is 2.76. The molecular formula is C16H25N4+. The van der Waals surface area contributed by atoms with Crippen molar-refractivity contribution in [2.75, 3.05) is 12.5 Å². The van der Waals surface area contributed by atoms with Crippen molar-refractivity contribution in [2.24, 2.45) is 0 Å². The van der Waals surface area contributed by atoms with Crippen LogP contribution in [0.25, 0.3) is 11.4 Å². The van der Waals surface area contributed by atoms with E-state index < -0.39 is 0 Å². The monoisotopic (exact) mass is 273 g/mol. The Morgan fingerprint density at radius 2 is 1.90 bits per heavy atom. The van der Waals surface area contributed by atoms with E-state index in [9.17, 15) is 0 Å². The Kier molecular flexibility index (Phi) is 5.16. The minimum absolute atomic E-state index is 0.875. The molecule has 20 heavy (non-hydrogen) atoms. The smallest absolute Gasteiger partial charge is 0.257 e. The number of benzene rings is 1. The molecule has 108 valence electrons. The van der Waals surface area contributed by atoms with Crippen LogP contribution >= 0.6 is 0 Å². The molecule has 0 saturated carbocycles. The minimum Gasteiger partial charge on any atom is -0.257 e. The van der Waals surface area contributed by atoms with Crippen molar-refractivity contribution in [1.82, 2.24) is 9.77 Å². The molecule has 4 heteroatoms. The fourth-order valence-corrected chi connectivity index (χ4v) is 2.48. The summed E-state index contributed by atoms with van der Waals surface area (Å²) >= 11 is 0. The minimum atomic E-state index is 0.875. The second kappa shape index (κ2) is 7.08. The van der Waals surface area contributed by atoms with E-state index in [1.807, 2.05) is 13.1 Å². The SMILES string of the molecule is CCCCCc1n[n+](CC)c(-c2ccccc2)n1NC. The fourth-order valence-electron chi connectivity index (χ4n) is 2.48. The molecule has 0 aliphatic rings. The standard InChI is InChI=1S/C16H25N4/c1-4-6-8-13-15-18-19(5-2)16(20(15)17-3)14-11-9-7-10-12-14/h7,9-12,17H,4-6,8,13H2,1-3H3/q+1. The second-order valence-corrected chi connectivity index (χ2v) is 4.94. The Balaban J connectivity index is 2.39. The van der Waals surface area contributed by atoms with Gasteiger partial charge in [-0.3, -0.25) is 5.43 Å². The van der Waals surface area contributed by atoms with Crippen molar-refractivity contribution in [1.29, 1.82) is 0 Å². The Hall–Kier alpha value is -1.84. The number of nitrogens with zero attached hydrogens (tertiary/aromatic N) is 3. The highest BCUT2D eigenvalue weighted by Gasteiger charge is 2.25. The number of hydrogen-bond acceptors (Lipinski definition) is 2. The van der Waals surface area contributed by atoms with Gasteiger partial charge in [-0.25, -0.2) is 0 Å². The zero-order valence-electron chi connectivity index (χ0n) is 12.8. The summed E-state index contributed by atoms with van der Waals surface area (Å²) in [7, 11) is 1.96. The van der Waals surface area contributed by atoms with E-state index in [2.05, 4.69) is 52.9 Å². The topological polar surface area (TPSA) is 33.7 Å². The van der Waals surface area contributed by atoms with Gasteiger partial charge in [0.1, 0.15) is 6.54 Å². The van der Waals surface area contributed by atoms with Crippen LogP contribution in [0.5, 0.6) is 0 Å². The summed E-state index contributed by atoms with van der Waals surface area (Å²) in [5, 5.41) is 4.76. The number of unbranched alkanes of at least 4 members (excludes halogenated alkanes) is 2. The van der Waals surface area contributed by atoms with Crippen LogP contribution in [0, 0.1) is 0 Å². The van der Waals surface area contributed by atoms with Crippen LogP contribution < -0.4 is 10.1 Å². The molecule has 0 fully saturated rings. The van der Waals surface area contributed by atoms with Crippen LogP contribution in [0.3, 0.4) is 0 Å². The van der Waals surface area contributed by atoms with Crippen molar-refractivity contribution >= 4 is 0 Å². The number of aromatic nitrogens is 3. The average molecular weight is 273 g/mol. The van der Waals surface area contributed by atoms with Crippen molar-refractivity contribution in [3.63, 3.8) is 0 Å². The van der Waals surface area contributed by atoms with Crippen LogP contribution in [-0.4, -0.2) is 16.8 Å². The lowest BCUT2D eigenvalue weighted by atomic mass is 10.2. The molecule has 1 aromatic heterocycles. The third-order valence-electron chi connectivity index (χ3n) is 3.51. The molecule has 2 rings (SSSR count). The number of rotatable bonds is 7. The zero-order valence-corrected chi connectivity index (χ0v) is 12.8. The van der Waals surface area contributed by atoms with Gasteiger partial charge >= 0.3 is 5.82 Å². The summed E-state index contributed by atoms with van der Waals surface area (Å²) in [5.74, 6) is 2.24. The molecule has 0 amide bonds. The highest BCUT2D eigenvalue weighted by Crippen LogP contribution is 2.16. The first-order valence-corrected chi connectivity index (χ1v) is 7.56. The van der Waals surface area contributed by atoms with Gasteiger partial charge in [0.25, 0.3) is 5.82 Å². The highest BCUT2D eigenvalue weighted by molar-refractivity contribution is 5.52. The van der Waals surface area contributed by atoms with Gasteiger partial charge in [0.15, 0.2) is 0 Å². The van der Waals surface area contributed by atoms with Crippen molar-refractivity contribution in [3.05, 3.63) is 36.2 Å². The van der Waals surface area contributed by atoms with Crippen LogP contribution in [0.15, 0.2) is 30.3 Å². The molecule has 4 nitrogen and oxygen atoms in total. The molecule has 0 unspecified atom stereocenters. The lowest BCUT2D eigenvalue weighted by Crippen LogP contribution is -2.37. The lowest BCUT2D eigenvalue weighted by molar-refractivity contribution is -0.738. The molecule has 0 aliphatic carbocycles. The van der Waals surface area contributed by atoms with Crippen molar-refractivity contribution in [2.45, 2.75) is 46.1 Å². The van der Waals surface area contributed by atoms with Gasteiger partial charge in [-0.05, 0) is 30.6 Å². The first kappa shape index (κ1) is 14.6. The first-order chi connectivity index (χ1) is 9.81. The van der Waals surface area contributed by atoms with E-state index in [0.717, 1.165) is 24.6 Å². The van der Waals surface area contributed by atoms with E-state index in [0.29, 0.717) is 0 Å². The van der Waals surface area contributed by atoms with Crippen LogP contribution in [0.2, 0.25) is 0 Å². The number of nitrogens with one attached hydrogen (secondary N) is 1. The van der Waals surface area contributed by atoms with E-state index in [1.165, 1.54) is 24.8 Å². The Morgan fingerprint density at radius 1 is 1.15 bits per heavy atom. The number of aryl methyl sites for hydroxylation is 2. The highest BCUT2D eigenvalue weighted by atomic mass is 15.5. The summed E-state index contributed by atoms with van der Waals surface area (Å²) in [6.45, 7) is 5.24. The maximum atomic E-state index is 4.76.